The number of aromatic nitrogens is 2. The molecule has 4 nitrogen and oxygen atoms in total. The summed E-state index contributed by atoms with van der Waals surface area (Å²) in [6.07, 6.45) is 3.52. The highest BCUT2D eigenvalue weighted by molar-refractivity contribution is 5.27. The van der Waals surface area contributed by atoms with Crippen LogP contribution in [0.4, 0.5) is 0 Å². The molecule has 0 saturated carbocycles. The summed E-state index contributed by atoms with van der Waals surface area (Å²) >= 11 is 0. The first-order valence-corrected chi connectivity index (χ1v) is 4.94. The van der Waals surface area contributed by atoms with E-state index in [9.17, 15) is 0 Å². The van der Waals surface area contributed by atoms with Gasteiger partial charge in [0.2, 0.25) is 0 Å². The molecule has 0 bridgehead atoms. The minimum Gasteiger partial charge on any atom is -0.330 e. The average molecular weight is 192 g/mol. The van der Waals surface area contributed by atoms with Crippen LogP contribution in [-0.2, 0) is 0 Å². The Kier molecular flexibility index (Phi) is 2.48. The van der Waals surface area contributed by atoms with E-state index < -0.39 is 0 Å². The molecule has 2 heterocycles. The van der Waals surface area contributed by atoms with Crippen molar-refractivity contribution in [3.8, 4) is 0 Å². The van der Waals surface area contributed by atoms with Crippen molar-refractivity contribution < 1.29 is 0 Å². The van der Waals surface area contributed by atoms with E-state index >= 15 is 0 Å². The normalized spacial score (nSPS) is 27.4. The molecule has 2 rings (SSSR count). The first kappa shape index (κ1) is 9.55. The van der Waals surface area contributed by atoms with Crippen molar-refractivity contribution in [3.63, 3.8) is 0 Å². The molecule has 0 radical (unpaired) electrons. The van der Waals surface area contributed by atoms with Crippen molar-refractivity contribution in [2.45, 2.75) is 18.9 Å². The molecule has 2 N–H and O–H groups in total. The summed E-state index contributed by atoms with van der Waals surface area (Å²) in [5.41, 5.74) is 8.09. The zero-order valence-corrected chi connectivity index (χ0v) is 8.64. The summed E-state index contributed by atoms with van der Waals surface area (Å²) in [5.74, 6) is 0.356. The van der Waals surface area contributed by atoms with Crippen molar-refractivity contribution in [2.75, 3.05) is 20.1 Å². The Hall–Kier alpha value is -1.00. The quantitative estimate of drug-likeness (QED) is 0.705. The molecule has 14 heavy (non-hydrogen) atoms. The molecule has 0 fully saturated rings. The maximum atomic E-state index is 5.74. The van der Waals surface area contributed by atoms with Gasteiger partial charge in [0.25, 0.3) is 0 Å². The molecule has 1 aromatic heterocycles. The number of likely N-dealkylation sites (N-methyl/N-ethyl adjacent to an activating group) is 1. The molecular weight excluding hydrogens is 176 g/mol. The maximum Gasteiger partial charge on any atom is 0.115 e. The van der Waals surface area contributed by atoms with E-state index in [2.05, 4.69) is 28.8 Å². The molecule has 0 aromatic carbocycles. The molecule has 1 aromatic rings. The third kappa shape index (κ3) is 1.40. The van der Waals surface area contributed by atoms with E-state index in [1.165, 1.54) is 5.56 Å². The van der Waals surface area contributed by atoms with Gasteiger partial charge in [0.1, 0.15) is 6.33 Å². The fourth-order valence-corrected chi connectivity index (χ4v) is 2.03. The van der Waals surface area contributed by atoms with Gasteiger partial charge in [-0.05, 0) is 14.0 Å². The SMILES string of the molecule is CC1c2cncnc2C(CN)CN1C. The first-order chi connectivity index (χ1) is 6.74. The monoisotopic (exact) mass is 192 g/mol. The van der Waals surface area contributed by atoms with Gasteiger partial charge in [0.05, 0.1) is 5.69 Å². The molecule has 2 atom stereocenters. The Balaban J connectivity index is 2.44. The summed E-state index contributed by atoms with van der Waals surface area (Å²) < 4.78 is 0. The summed E-state index contributed by atoms with van der Waals surface area (Å²) in [6.45, 7) is 3.82. The Morgan fingerprint density at radius 1 is 1.64 bits per heavy atom. The Bertz CT molecular complexity index is 311. The zero-order chi connectivity index (χ0) is 10.1. The number of hydrogen-bond acceptors (Lipinski definition) is 4. The maximum absolute atomic E-state index is 5.74. The fraction of sp³-hybridized carbons (Fsp3) is 0.600. The smallest absolute Gasteiger partial charge is 0.115 e. The molecule has 1 aliphatic heterocycles. The number of nitrogens with zero attached hydrogens (tertiary/aromatic N) is 3. The van der Waals surface area contributed by atoms with Gasteiger partial charge < -0.3 is 5.73 Å². The number of fused-ring (bicyclic) bond motifs is 1. The molecule has 1 aliphatic rings. The molecule has 0 saturated heterocycles. The number of rotatable bonds is 1. The van der Waals surface area contributed by atoms with Gasteiger partial charge in [-0.15, -0.1) is 0 Å². The van der Waals surface area contributed by atoms with Crippen LogP contribution in [0.25, 0.3) is 0 Å². The van der Waals surface area contributed by atoms with Crippen molar-refractivity contribution in [2.24, 2.45) is 5.73 Å². The first-order valence-electron chi connectivity index (χ1n) is 4.94. The number of hydrogen-bond donors (Lipinski definition) is 1. The lowest BCUT2D eigenvalue weighted by Crippen LogP contribution is -2.37. The second-order valence-corrected chi connectivity index (χ2v) is 3.91. The minimum atomic E-state index is 0.356. The summed E-state index contributed by atoms with van der Waals surface area (Å²) in [6, 6.07) is 0.397. The van der Waals surface area contributed by atoms with Gasteiger partial charge in [0.15, 0.2) is 0 Å². The van der Waals surface area contributed by atoms with E-state index in [0.717, 1.165) is 12.2 Å². The highest BCUT2D eigenvalue weighted by Crippen LogP contribution is 2.31. The minimum absolute atomic E-state index is 0.356. The topological polar surface area (TPSA) is 55.0 Å². The molecular formula is C10H16N4. The summed E-state index contributed by atoms with van der Waals surface area (Å²) in [4.78, 5) is 10.7. The van der Waals surface area contributed by atoms with E-state index in [1.807, 2.05) is 6.20 Å². The second kappa shape index (κ2) is 3.63. The highest BCUT2D eigenvalue weighted by Gasteiger charge is 2.28. The van der Waals surface area contributed by atoms with Crippen LogP contribution < -0.4 is 5.73 Å². The van der Waals surface area contributed by atoms with Gasteiger partial charge >= 0.3 is 0 Å². The third-order valence-corrected chi connectivity index (χ3v) is 3.06. The van der Waals surface area contributed by atoms with Crippen LogP contribution in [0.1, 0.15) is 30.1 Å². The summed E-state index contributed by atoms with van der Waals surface area (Å²) in [7, 11) is 2.11. The van der Waals surface area contributed by atoms with Crippen LogP contribution in [-0.4, -0.2) is 35.0 Å². The van der Waals surface area contributed by atoms with Gasteiger partial charge in [0, 0.05) is 36.8 Å². The lowest BCUT2D eigenvalue weighted by Gasteiger charge is -2.35. The van der Waals surface area contributed by atoms with Crippen molar-refractivity contribution >= 4 is 0 Å². The van der Waals surface area contributed by atoms with Crippen LogP contribution in [0.15, 0.2) is 12.5 Å². The van der Waals surface area contributed by atoms with E-state index in [-0.39, 0.29) is 0 Å². The predicted molar refractivity (Wildman–Crippen MR) is 54.9 cm³/mol. The van der Waals surface area contributed by atoms with Crippen molar-refractivity contribution in [3.05, 3.63) is 23.8 Å². The molecule has 4 heteroatoms. The Labute approximate surface area is 84.2 Å². The molecule has 76 valence electrons. The lowest BCUT2D eigenvalue weighted by atomic mass is 9.91. The van der Waals surface area contributed by atoms with Gasteiger partial charge in [-0.2, -0.15) is 0 Å². The summed E-state index contributed by atoms with van der Waals surface area (Å²) in [5, 5.41) is 0. The fourth-order valence-electron chi connectivity index (χ4n) is 2.03. The van der Waals surface area contributed by atoms with Gasteiger partial charge in [-0.3, -0.25) is 4.90 Å². The van der Waals surface area contributed by atoms with Crippen molar-refractivity contribution in [1.29, 1.82) is 0 Å². The van der Waals surface area contributed by atoms with Crippen molar-refractivity contribution in [1.82, 2.24) is 14.9 Å². The van der Waals surface area contributed by atoms with Gasteiger partial charge in [-0.1, -0.05) is 0 Å². The largest absolute Gasteiger partial charge is 0.330 e. The van der Waals surface area contributed by atoms with Crippen LogP contribution in [0, 0.1) is 0 Å². The molecule has 2 unspecified atom stereocenters. The van der Waals surface area contributed by atoms with Crippen LogP contribution >= 0.6 is 0 Å². The second-order valence-electron chi connectivity index (χ2n) is 3.91. The average Bonchev–Trinajstić information content (AvgIpc) is 2.23. The standard InChI is InChI=1S/C10H16N4/c1-7-9-4-12-6-13-10(9)8(3-11)5-14(7)2/h4,6-8H,3,5,11H2,1-2H3. The van der Waals surface area contributed by atoms with E-state index in [4.69, 9.17) is 5.73 Å². The molecule has 0 aliphatic carbocycles. The van der Waals surface area contributed by atoms with E-state index in [0.29, 0.717) is 18.5 Å². The van der Waals surface area contributed by atoms with Gasteiger partial charge in [-0.25, -0.2) is 9.97 Å². The van der Waals surface area contributed by atoms with E-state index in [1.54, 1.807) is 6.33 Å². The van der Waals surface area contributed by atoms with Crippen LogP contribution in [0.5, 0.6) is 0 Å². The van der Waals surface area contributed by atoms with Crippen LogP contribution in [0.2, 0.25) is 0 Å². The Morgan fingerprint density at radius 2 is 2.43 bits per heavy atom. The lowest BCUT2D eigenvalue weighted by molar-refractivity contribution is 0.221. The van der Waals surface area contributed by atoms with Crippen LogP contribution in [0.3, 0.4) is 0 Å². The zero-order valence-electron chi connectivity index (χ0n) is 8.64. The molecule has 0 amide bonds. The molecule has 0 spiro atoms. The predicted octanol–water partition coefficient (Wildman–Crippen LogP) is 0.525. The number of nitrogens with two attached hydrogens (primary N) is 1. The third-order valence-electron chi connectivity index (χ3n) is 3.06. The Morgan fingerprint density at radius 3 is 3.14 bits per heavy atom. The highest BCUT2D eigenvalue weighted by atomic mass is 15.1.